The topological polar surface area (TPSA) is 92.7 Å². The molecular weight excluding hydrogens is 294 g/mol. The van der Waals surface area contributed by atoms with Gasteiger partial charge in [-0.1, -0.05) is 13.8 Å². The quantitative estimate of drug-likeness (QED) is 0.800. The van der Waals surface area contributed by atoms with Crippen LogP contribution in [0.5, 0.6) is 5.75 Å². The molecule has 21 heavy (non-hydrogen) atoms. The van der Waals surface area contributed by atoms with Gasteiger partial charge in [0.05, 0.1) is 12.0 Å². The zero-order valence-corrected chi connectivity index (χ0v) is 13.4. The van der Waals surface area contributed by atoms with Crippen LogP contribution in [-0.2, 0) is 14.8 Å². The Morgan fingerprint density at radius 3 is 2.43 bits per heavy atom. The average molecular weight is 315 g/mol. The summed E-state index contributed by atoms with van der Waals surface area (Å²) in [5.41, 5.74) is 0.496. The Morgan fingerprint density at radius 2 is 2.00 bits per heavy atom. The van der Waals surface area contributed by atoms with Gasteiger partial charge in [-0.25, -0.2) is 8.42 Å². The van der Waals surface area contributed by atoms with Crippen LogP contribution in [0, 0.1) is 12.8 Å². The van der Waals surface area contributed by atoms with Crippen LogP contribution >= 0.6 is 0 Å². The van der Waals surface area contributed by atoms with Crippen LogP contribution in [0.4, 0.5) is 0 Å². The van der Waals surface area contributed by atoms with E-state index in [4.69, 9.17) is 9.84 Å². The molecular formula is C14H21NO5S. The van der Waals surface area contributed by atoms with Gasteiger partial charge in [0.2, 0.25) is 10.0 Å². The van der Waals surface area contributed by atoms with Gasteiger partial charge in [-0.05, 0) is 43.0 Å². The molecule has 1 atom stereocenters. The molecule has 6 nitrogen and oxygen atoms in total. The molecule has 0 aliphatic carbocycles. The predicted molar refractivity (Wildman–Crippen MR) is 78.9 cm³/mol. The number of sulfonamides is 1. The number of nitrogens with one attached hydrogen (secondary N) is 1. The third-order valence-corrected chi connectivity index (χ3v) is 4.61. The fraction of sp³-hybridized carbons (Fsp3) is 0.500. The molecule has 0 saturated carbocycles. The summed E-state index contributed by atoms with van der Waals surface area (Å²) >= 11 is 0. The highest BCUT2D eigenvalue weighted by Gasteiger charge is 2.27. The largest absolute Gasteiger partial charge is 0.497 e. The van der Waals surface area contributed by atoms with E-state index in [2.05, 4.69) is 4.72 Å². The predicted octanol–water partition coefficient (Wildman–Crippen LogP) is 1.78. The number of carboxylic acid groups (broad SMARTS) is 1. The van der Waals surface area contributed by atoms with Gasteiger partial charge >= 0.3 is 5.97 Å². The standard InChI is InChI=1S/C14H21NO5S/c1-9(2)7-12(14(16)17)15-21(18,19)13-6-5-11(20-4)8-10(13)3/h5-6,8-9,12,15H,7H2,1-4H3,(H,16,17)/t12-/m1/s1. The van der Waals surface area contributed by atoms with E-state index in [1.807, 2.05) is 13.8 Å². The summed E-state index contributed by atoms with van der Waals surface area (Å²) in [5, 5.41) is 9.14. The summed E-state index contributed by atoms with van der Waals surface area (Å²) in [4.78, 5) is 11.2. The fourth-order valence-corrected chi connectivity index (χ4v) is 3.40. The molecule has 0 saturated heterocycles. The number of methoxy groups -OCH3 is 1. The molecule has 0 heterocycles. The van der Waals surface area contributed by atoms with Gasteiger partial charge in [-0.3, -0.25) is 4.79 Å². The molecule has 7 heteroatoms. The van der Waals surface area contributed by atoms with Gasteiger partial charge in [0.25, 0.3) is 0 Å². The highest BCUT2D eigenvalue weighted by Crippen LogP contribution is 2.21. The smallest absolute Gasteiger partial charge is 0.321 e. The lowest BCUT2D eigenvalue weighted by molar-refractivity contribution is -0.139. The third-order valence-electron chi connectivity index (χ3n) is 2.97. The summed E-state index contributed by atoms with van der Waals surface area (Å²) in [7, 11) is -2.40. The first kappa shape index (κ1) is 17.5. The first-order valence-electron chi connectivity index (χ1n) is 6.57. The molecule has 0 aromatic heterocycles. The van der Waals surface area contributed by atoms with Crippen molar-refractivity contribution in [2.45, 2.75) is 38.1 Å². The zero-order valence-electron chi connectivity index (χ0n) is 12.6. The zero-order chi connectivity index (χ0) is 16.2. The Bertz CT molecular complexity index is 610. The minimum Gasteiger partial charge on any atom is -0.497 e. The second-order valence-electron chi connectivity index (χ2n) is 5.27. The Labute approximate surface area is 125 Å². The lowest BCUT2D eigenvalue weighted by Gasteiger charge is -2.17. The van der Waals surface area contributed by atoms with E-state index in [0.717, 1.165) is 0 Å². The number of benzene rings is 1. The summed E-state index contributed by atoms with van der Waals surface area (Å²) in [6, 6.07) is 3.38. The van der Waals surface area contributed by atoms with Crippen LogP contribution in [0.2, 0.25) is 0 Å². The normalized spacial score (nSPS) is 13.2. The summed E-state index contributed by atoms with van der Waals surface area (Å²) in [5.74, 6) is -0.576. The molecule has 118 valence electrons. The van der Waals surface area contributed by atoms with Gasteiger partial charge in [0, 0.05) is 0 Å². The van der Waals surface area contributed by atoms with E-state index in [1.165, 1.54) is 19.2 Å². The number of rotatable bonds is 7. The Morgan fingerprint density at radius 1 is 1.38 bits per heavy atom. The number of hydrogen-bond acceptors (Lipinski definition) is 4. The fourth-order valence-electron chi connectivity index (χ4n) is 1.97. The minimum absolute atomic E-state index is 0.0540. The molecule has 0 spiro atoms. The van der Waals surface area contributed by atoms with Gasteiger partial charge in [0.1, 0.15) is 11.8 Å². The molecule has 0 radical (unpaired) electrons. The van der Waals surface area contributed by atoms with Gasteiger partial charge in [-0.15, -0.1) is 0 Å². The van der Waals surface area contributed by atoms with E-state index in [-0.39, 0.29) is 17.2 Å². The van der Waals surface area contributed by atoms with Crippen molar-refractivity contribution in [3.05, 3.63) is 23.8 Å². The number of carbonyl (C=O) groups is 1. The highest BCUT2D eigenvalue weighted by atomic mass is 32.2. The van der Waals surface area contributed by atoms with Crippen molar-refractivity contribution in [1.82, 2.24) is 4.72 Å². The maximum atomic E-state index is 12.3. The van der Waals surface area contributed by atoms with Crippen molar-refractivity contribution < 1.29 is 23.1 Å². The van der Waals surface area contributed by atoms with Crippen molar-refractivity contribution >= 4 is 16.0 Å². The molecule has 0 aliphatic heterocycles. The highest BCUT2D eigenvalue weighted by molar-refractivity contribution is 7.89. The number of aliphatic carboxylic acids is 1. The van der Waals surface area contributed by atoms with Crippen molar-refractivity contribution in [3.63, 3.8) is 0 Å². The monoisotopic (exact) mass is 315 g/mol. The van der Waals surface area contributed by atoms with E-state index in [0.29, 0.717) is 11.3 Å². The Kier molecular flexibility index (Phi) is 5.74. The van der Waals surface area contributed by atoms with Crippen LogP contribution in [-0.4, -0.2) is 32.6 Å². The Balaban J connectivity index is 3.07. The number of aryl methyl sites for hydroxylation is 1. The van der Waals surface area contributed by atoms with E-state index in [9.17, 15) is 13.2 Å². The number of carboxylic acids is 1. The van der Waals surface area contributed by atoms with Crippen molar-refractivity contribution in [1.29, 1.82) is 0 Å². The van der Waals surface area contributed by atoms with E-state index in [1.54, 1.807) is 13.0 Å². The number of ether oxygens (including phenoxy) is 1. The van der Waals surface area contributed by atoms with Crippen molar-refractivity contribution in [3.8, 4) is 5.75 Å². The molecule has 1 rings (SSSR count). The van der Waals surface area contributed by atoms with Crippen LogP contribution in [0.15, 0.2) is 23.1 Å². The Hall–Kier alpha value is -1.60. The minimum atomic E-state index is -3.89. The van der Waals surface area contributed by atoms with Gasteiger partial charge in [0.15, 0.2) is 0 Å². The van der Waals surface area contributed by atoms with Crippen LogP contribution in [0.3, 0.4) is 0 Å². The molecule has 0 bridgehead atoms. The van der Waals surface area contributed by atoms with Crippen LogP contribution < -0.4 is 9.46 Å². The summed E-state index contributed by atoms with van der Waals surface area (Å²) in [6.07, 6.45) is 0.226. The van der Waals surface area contributed by atoms with Crippen LogP contribution in [0.25, 0.3) is 0 Å². The summed E-state index contributed by atoms with van der Waals surface area (Å²) in [6.45, 7) is 5.31. The third kappa shape index (κ3) is 4.71. The van der Waals surface area contributed by atoms with Crippen molar-refractivity contribution in [2.75, 3.05) is 7.11 Å². The first-order valence-corrected chi connectivity index (χ1v) is 8.05. The van der Waals surface area contributed by atoms with Crippen LogP contribution in [0.1, 0.15) is 25.8 Å². The second kappa shape index (κ2) is 6.91. The van der Waals surface area contributed by atoms with Gasteiger partial charge < -0.3 is 9.84 Å². The summed E-state index contributed by atoms with van der Waals surface area (Å²) < 4.78 is 31.9. The SMILES string of the molecule is COc1ccc(S(=O)(=O)N[C@H](CC(C)C)C(=O)O)c(C)c1. The lowest BCUT2D eigenvalue weighted by atomic mass is 10.1. The van der Waals surface area contributed by atoms with Gasteiger partial charge in [-0.2, -0.15) is 4.72 Å². The molecule has 0 fully saturated rings. The second-order valence-corrected chi connectivity index (χ2v) is 6.96. The molecule has 0 unspecified atom stereocenters. The molecule has 0 amide bonds. The number of hydrogen-bond donors (Lipinski definition) is 2. The maximum Gasteiger partial charge on any atom is 0.321 e. The van der Waals surface area contributed by atoms with E-state index >= 15 is 0 Å². The molecule has 0 aliphatic rings. The molecule has 2 N–H and O–H groups in total. The van der Waals surface area contributed by atoms with E-state index < -0.39 is 22.0 Å². The average Bonchev–Trinajstić information content (AvgIpc) is 2.36. The first-order chi connectivity index (χ1) is 9.67. The lowest BCUT2D eigenvalue weighted by Crippen LogP contribution is -2.41. The van der Waals surface area contributed by atoms with Crippen molar-refractivity contribution in [2.24, 2.45) is 5.92 Å². The maximum absolute atomic E-state index is 12.3. The molecule has 1 aromatic rings. The molecule has 1 aromatic carbocycles.